The van der Waals surface area contributed by atoms with Crippen molar-refractivity contribution >= 4 is 11.6 Å². The second-order valence-electron chi connectivity index (χ2n) is 3.63. The van der Waals surface area contributed by atoms with Gasteiger partial charge in [-0.25, -0.2) is 4.98 Å². The molecule has 0 spiro atoms. The van der Waals surface area contributed by atoms with Crippen LogP contribution in [0.25, 0.3) is 0 Å². The van der Waals surface area contributed by atoms with Crippen LogP contribution in [-0.2, 0) is 0 Å². The van der Waals surface area contributed by atoms with E-state index in [-0.39, 0.29) is 11.9 Å². The first-order valence-electron chi connectivity index (χ1n) is 5.18. The number of aromatic nitrogens is 3. The summed E-state index contributed by atoms with van der Waals surface area (Å²) in [6.45, 7) is 1.84. The molecule has 6 heteroatoms. The number of amides is 1. The molecule has 1 atom stereocenters. The Bertz CT molecular complexity index is 508. The van der Waals surface area contributed by atoms with Crippen LogP contribution in [0.4, 0.5) is 5.69 Å². The van der Waals surface area contributed by atoms with Gasteiger partial charge in [0.1, 0.15) is 5.82 Å². The molecule has 2 rings (SSSR count). The first kappa shape index (κ1) is 11.1. The number of nitrogens with one attached hydrogen (secondary N) is 2. The Morgan fingerprint density at radius 3 is 3.00 bits per heavy atom. The highest BCUT2D eigenvalue weighted by Gasteiger charge is 2.14. The van der Waals surface area contributed by atoms with Crippen molar-refractivity contribution in [2.45, 2.75) is 13.0 Å². The fourth-order valence-electron chi connectivity index (χ4n) is 1.47. The highest BCUT2D eigenvalue weighted by molar-refractivity contribution is 5.98. The van der Waals surface area contributed by atoms with E-state index in [2.05, 4.69) is 20.3 Å². The Kier molecular flexibility index (Phi) is 3.04. The predicted molar refractivity (Wildman–Crippen MR) is 63.1 cm³/mol. The minimum absolute atomic E-state index is 0.204. The number of pyridine rings is 1. The van der Waals surface area contributed by atoms with Gasteiger partial charge in [-0.1, -0.05) is 0 Å². The van der Waals surface area contributed by atoms with Gasteiger partial charge in [0.15, 0.2) is 0 Å². The van der Waals surface area contributed by atoms with E-state index in [9.17, 15) is 4.79 Å². The molecular weight excluding hydrogens is 218 g/mol. The molecular formula is C11H13N5O. The van der Waals surface area contributed by atoms with Crippen LogP contribution in [-0.4, -0.2) is 20.9 Å². The van der Waals surface area contributed by atoms with Gasteiger partial charge in [-0.05, 0) is 13.0 Å². The van der Waals surface area contributed by atoms with Crippen molar-refractivity contribution < 1.29 is 4.79 Å². The second kappa shape index (κ2) is 4.65. The summed E-state index contributed by atoms with van der Waals surface area (Å²) >= 11 is 0. The summed E-state index contributed by atoms with van der Waals surface area (Å²) in [6, 6.07) is 1.38. The molecule has 4 N–H and O–H groups in total. The number of nitrogens with zero attached hydrogens (tertiary/aromatic N) is 2. The number of anilines is 1. The Labute approximate surface area is 98.3 Å². The monoisotopic (exact) mass is 231 g/mol. The molecule has 2 aromatic heterocycles. The third-order valence-electron chi connectivity index (χ3n) is 2.37. The lowest BCUT2D eigenvalue weighted by molar-refractivity contribution is 0.0939. The Morgan fingerprint density at radius 1 is 1.53 bits per heavy atom. The zero-order valence-corrected chi connectivity index (χ0v) is 9.34. The molecule has 0 saturated heterocycles. The van der Waals surface area contributed by atoms with Crippen LogP contribution in [0.1, 0.15) is 29.1 Å². The predicted octanol–water partition coefficient (Wildman–Crippen LogP) is 0.878. The number of rotatable bonds is 3. The molecule has 0 bridgehead atoms. The first-order valence-corrected chi connectivity index (χ1v) is 5.18. The fraction of sp³-hybridized carbons (Fsp3) is 0.182. The van der Waals surface area contributed by atoms with E-state index in [4.69, 9.17) is 5.73 Å². The average molecular weight is 231 g/mol. The summed E-state index contributed by atoms with van der Waals surface area (Å²) in [5.74, 6) is 0.458. The maximum Gasteiger partial charge on any atom is 0.254 e. The highest BCUT2D eigenvalue weighted by Crippen LogP contribution is 2.11. The smallest absolute Gasteiger partial charge is 0.254 e. The van der Waals surface area contributed by atoms with Crippen molar-refractivity contribution in [3.63, 3.8) is 0 Å². The third-order valence-corrected chi connectivity index (χ3v) is 2.37. The number of hydrogen-bond donors (Lipinski definition) is 3. The van der Waals surface area contributed by atoms with Crippen molar-refractivity contribution in [1.29, 1.82) is 0 Å². The fourth-order valence-corrected chi connectivity index (χ4v) is 1.47. The summed E-state index contributed by atoms with van der Waals surface area (Å²) in [5.41, 5.74) is 6.44. The summed E-state index contributed by atoms with van der Waals surface area (Å²) in [5, 5.41) is 2.80. The Hall–Kier alpha value is -2.37. The topological polar surface area (TPSA) is 96.7 Å². The number of carbonyl (C=O) groups excluding carboxylic acids is 1. The number of nitrogens with two attached hydrogens (primary N) is 1. The molecule has 17 heavy (non-hydrogen) atoms. The summed E-state index contributed by atoms with van der Waals surface area (Å²) < 4.78 is 0. The van der Waals surface area contributed by atoms with Gasteiger partial charge in [-0.3, -0.25) is 9.78 Å². The summed E-state index contributed by atoms with van der Waals surface area (Å²) in [4.78, 5) is 22.8. The van der Waals surface area contributed by atoms with E-state index in [1.807, 2.05) is 6.92 Å². The maximum absolute atomic E-state index is 11.9. The molecule has 0 saturated carbocycles. The standard InChI is InChI=1S/C11H13N5O/c1-7(10-14-4-5-15-10)16-11(17)8-2-3-13-6-9(8)12/h2-7H,12H2,1H3,(H,14,15)(H,16,17). The van der Waals surface area contributed by atoms with Crippen LogP contribution >= 0.6 is 0 Å². The van der Waals surface area contributed by atoms with Crippen molar-refractivity contribution in [1.82, 2.24) is 20.3 Å². The van der Waals surface area contributed by atoms with Crippen molar-refractivity contribution in [2.24, 2.45) is 0 Å². The van der Waals surface area contributed by atoms with E-state index in [0.29, 0.717) is 17.1 Å². The summed E-state index contributed by atoms with van der Waals surface area (Å²) in [6.07, 6.45) is 6.33. The van der Waals surface area contributed by atoms with Gasteiger partial charge in [0.25, 0.3) is 5.91 Å². The van der Waals surface area contributed by atoms with Gasteiger partial charge in [-0.15, -0.1) is 0 Å². The minimum atomic E-state index is -0.242. The lowest BCUT2D eigenvalue weighted by Crippen LogP contribution is -2.28. The van der Waals surface area contributed by atoms with Gasteiger partial charge in [-0.2, -0.15) is 0 Å². The van der Waals surface area contributed by atoms with Crippen LogP contribution in [0.2, 0.25) is 0 Å². The van der Waals surface area contributed by atoms with E-state index >= 15 is 0 Å². The van der Waals surface area contributed by atoms with Gasteiger partial charge in [0.2, 0.25) is 0 Å². The number of hydrogen-bond acceptors (Lipinski definition) is 4. The van der Waals surface area contributed by atoms with Crippen LogP contribution < -0.4 is 11.1 Å². The van der Waals surface area contributed by atoms with Gasteiger partial charge >= 0.3 is 0 Å². The number of imidazole rings is 1. The zero-order chi connectivity index (χ0) is 12.3. The second-order valence-corrected chi connectivity index (χ2v) is 3.63. The van der Waals surface area contributed by atoms with E-state index in [1.54, 1.807) is 18.5 Å². The molecule has 6 nitrogen and oxygen atoms in total. The largest absolute Gasteiger partial charge is 0.397 e. The normalized spacial score (nSPS) is 12.1. The van der Waals surface area contributed by atoms with Crippen LogP contribution in [0, 0.1) is 0 Å². The van der Waals surface area contributed by atoms with Crippen molar-refractivity contribution in [2.75, 3.05) is 5.73 Å². The number of nitrogen functional groups attached to an aromatic ring is 1. The molecule has 2 heterocycles. The molecule has 0 radical (unpaired) electrons. The molecule has 0 aliphatic rings. The van der Waals surface area contributed by atoms with E-state index < -0.39 is 0 Å². The average Bonchev–Trinajstić information content (AvgIpc) is 2.82. The molecule has 0 aliphatic heterocycles. The lowest BCUT2D eigenvalue weighted by atomic mass is 10.2. The van der Waals surface area contributed by atoms with Gasteiger partial charge < -0.3 is 16.0 Å². The molecule has 1 amide bonds. The maximum atomic E-state index is 11.9. The molecule has 0 aromatic carbocycles. The molecule has 88 valence electrons. The summed E-state index contributed by atoms with van der Waals surface area (Å²) in [7, 11) is 0. The first-order chi connectivity index (χ1) is 8.18. The zero-order valence-electron chi connectivity index (χ0n) is 9.34. The highest BCUT2D eigenvalue weighted by atomic mass is 16.1. The lowest BCUT2D eigenvalue weighted by Gasteiger charge is -2.12. The quantitative estimate of drug-likeness (QED) is 0.730. The molecule has 0 fully saturated rings. The number of aromatic amines is 1. The van der Waals surface area contributed by atoms with Crippen LogP contribution in [0.3, 0.4) is 0 Å². The van der Waals surface area contributed by atoms with E-state index in [0.717, 1.165) is 0 Å². The van der Waals surface area contributed by atoms with Crippen LogP contribution in [0.5, 0.6) is 0 Å². The number of H-pyrrole nitrogens is 1. The Morgan fingerprint density at radius 2 is 2.35 bits per heavy atom. The Balaban J connectivity index is 2.10. The van der Waals surface area contributed by atoms with Gasteiger partial charge in [0.05, 0.1) is 23.5 Å². The van der Waals surface area contributed by atoms with Crippen molar-refractivity contribution in [3.8, 4) is 0 Å². The molecule has 1 unspecified atom stereocenters. The molecule has 0 aliphatic carbocycles. The third kappa shape index (κ3) is 2.41. The molecule has 2 aromatic rings. The van der Waals surface area contributed by atoms with Gasteiger partial charge in [0, 0.05) is 18.6 Å². The van der Waals surface area contributed by atoms with Crippen molar-refractivity contribution in [3.05, 3.63) is 42.2 Å². The minimum Gasteiger partial charge on any atom is -0.397 e. The van der Waals surface area contributed by atoms with E-state index in [1.165, 1.54) is 12.4 Å². The van der Waals surface area contributed by atoms with Crippen LogP contribution in [0.15, 0.2) is 30.9 Å². The SMILES string of the molecule is CC(NC(=O)c1ccncc1N)c1ncc[nH]1. The number of carbonyl (C=O) groups is 1.